The minimum absolute atomic E-state index is 0.196. The predicted octanol–water partition coefficient (Wildman–Crippen LogP) is 1.26. The van der Waals surface area contributed by atoms with Crippen molar-refractivity contribution < 1.29 is 9.59 Å². The van der Waals surface area contributed by atoms with Crippen LogP contribution in [-0.2, 0) is 16.0 Å². The van der Waals surface area contributed by atoms with Crippen molar-refractivity contribution in [3.05, 3.63) is 35.4 Å². The van der Waals surface area contributed by atoms with Gasteiger partial charge in [-0.15, -0.1) is 0 Å². The van der Waals surface area contributed by atoms with Gasteiger partial charge >= 0.3 is 0 Å². The van der Waals surface area contributed by atoms with Gasteiger partial charge in [0.2, 0.25) is 5.91 Å². The van der Waals surface area contributed by atoms with E-state index >= 15 is 0 Å². The van der Waals surface area contributed by atoms with E-state index in [4.69, 9.17) is 5.73 Å². The lowest BCUT2D eigenvalue weighted by atomic mass is 9.78. The van der Waals surface area contributed by atoms with E-state index in [9.17, 15) is 9.59 Å². The summed E-state index contributed by atoms with van der Waals surface area (Å²) in [4.78, 5) is 24.8. The highest BCUT2D eigenvalue weighted by atomic mass is 32.1. The third-order valence-electron chi connectivity index (χ3n) is 4.20. The van der Waals surface area contributed by atoms with E-state index in [2.05, 4.69) is 17.9 Å². The molecule has 0 aliphatic carbocycles. The van der Waals surface area contributed by atoms with Gasteiger partial charge in [0, 0.05) is 18.2 Å². The molecular formula is C16H22N2O2S. The van der Waals surface area contributed by atoms with Gasteiger partial charge in [0.15, 0.2) is 11.3 Å². The van der Waals surface area contributed by atoms with Crippen molar-refractivity contribution in [2.75, 3.05) is 12.3 Å². The maximum absolute atomic E-state index is 12.7. The summed E-state index contributed by atoms with van der Waals surface area (Å²) in [6, 6.07) is 7.94. The topological polar surface area (TPSA) is 72.2 Å². The Kier molecular flexibility index (Phi) is 5.06. The van der Waals surface area contributed by atoms with Gasteiger partial charge in [-0.1, -0.05) is 24.3 Å². The lowest BCUT2D eigenvalue weighted by Crippen LogP contribution is -2.64. The molecule has 1 amide bonds. The minimum atomic E-state index is -1.39. The summed E-state index contributed by atoms with van der Waals surface area (Å²) in [5.74, 6) is -0.504. The zero-order valence-corrected chi connectivity index (χ0v) is 13.2. The fraction of sp³-hybridized carbons (Fsp3) is 0.500. The van der Waals surface area contributed by atoms with E-state index in [-0.39, 0.29) is 17.6 Å². The second-order valence-electron chi connectivity index (χ2n) is 5.71. The smallest absolute Gasteiger partial charge is 0.247 e. The molecule has 1 aliphatic rings. The molecule has 2 rings (SSSR count). The molecule has 0 bridgehead atoms. The van der Waals surface area contributed by atoms with Crippen LogP contribution in [0.5, 0.6) is 0 Å². The van der Waals surface area contributed by atoms with Crippen LogP contribution in [0.1, 0.15) is 24.0 Å². The zero-order chi connectivity index (χ0) is 15.5. The van der Waals surface area contributed by atoms with E-state index in [1.54, 1.807) is 0 Å². The van der Waals surface area contributed by atoms with Crippen molar-refractivity contribution in [1.29, 1.82) is 0 Å². The molecule has 5 heteroatoms. The number of rotatable bonds is 5. The molecule has 21 heavy (non-hydrogen) atoms. The molecule has 0 spiro atoms. The van der Waals surface area contributed by atoms with Crippen molar-refractivity contribution in [1.82, 2.24) is 5.32 Å². The summed E-state index contributed by atoms with van der Waals surface area (Å²) in [5, 5.41) is 2.70. The van der Waals surface area contributed by atoms with E-state index in [0.717, 1.165) is 17.5 Å². The van der Waals surface area contributed by atoms with E-state index in [1.807, 2.05) is 31.2 Å². The highest BCUT2D eigenvalue weighted by molar-refractivity contribution is 7.80. The number of piperidine rings is 1. The highest BCUT2D eigenvalue weighted by Gasteiger charge is 2.45. The van der Waals surface area contributed by atoms with Crippen LogP contribution in [0.25, 0.3) is 0 Å². The molecule has 1 saturated heterocycles. The Bertz CT molecular complexity index is 547. The van der Waals surface area contributed by atoms with Crippen molar-refractivity contribution in [3.63, 3.8) is 0 Å². The van der Waals surface area contributed by atoms with E-state index < -0.39 is 5.54 Å². The Morgan fingerprint density at radius 3 is 2.81 bits per heavy atom. The van der Waals surface area contributed by atoms with Crippen molar-refractivity contribution in [3.8, 4) is 0 Å². The van der Waals surface area contributed by atoms with Gasteiger partial charge in [-0.3, -0.25) is 9.59 Å². The Morgan fingerprint density at radius 2 is 2.19 bits per heavy atom. The van der Waals surface area contributed by atoms with Crippen LogP contribution in [-0.4, -0.2) is 29.5 Å². The van der Waals surface area contributed by atoms with Gasteiger partial charge in [0.1, 0.15) is 0 Å². The number of nitrogens with two attached hydrogens (primary N) is 1. The molecule has 0 radical (unpaired) electrons. The van der Waals surface area contributed by atoms with Crippen LogP contribution in [0.15, 0.2) is 24.3 Å². The van der Waals surface area contributed by atoms with Gasteiger partial charge in [-0.25, -0.2) is 0 Å². The second kappa shape index (κ2) is 6.62. The third kappa shape index (κ3) is 3.30. The quantitative estimate of drug-likeness (QED) is 0.566. The molecule has 2 atom stereocenters. The maximum atomic E-state index is 12.7. The van der Waals surface area contributed by atoms with Crippen LogP contribution in [0.2, 0.25) is 0 Å². The molecule has 0 unspecified atom stereocenters. The second-order valence-corrected chi connectivity index (χ2v) is 6.07. The monoisotopic (exact) mass is 306 g/mol. The number of amides is 1. The van der Waals surface area contributed by atoms with E-state index in [1.165, 1.54) is 0 Å². The number of thiol groups is 1. The first-order valence-corrected chi connectivity index (χ1v) is 7.89. The average molecular weight is 306 g/mol. The number of benzene rings is 1. The summed E-state index contributed by atoms with van der Waals surface area (Å²) in [6.07, 6.45) is 1.72. The Labute approximate surface area is 130 Å². The normalized spacial score (nSPS) is 23.5. The molecule has 0 saturated carbocycles. The summed E-state index contributed by atoms with van der Waals surface area (Å²) in [5.41, 5.74) is 6.96. The van der Waals surface area contributed by atoms with Crippen molar-refractivity contribution >= 4 is 24.3 Å². The fourth-order valence-electron chi connectivity index (χ4n) is 2.78. The first-order valence-electron chi connectivity index (χ1n) is 7.26. The summed E-state index contributed by atoms with van der Waals surface area (Å²) in [7, 11) is 0. The van der Waals surface area contributed by atoms with Gasteiger partial charge in [-0.2, -0.15) is 12.6 Å². The molecule has 1 fully saturated rings. The summed E-state index contributed by atoms with van der Waals surface area (Å²) < 4.78 is 0. The van der Waals surface area contributed by atoms with E-state index in [0.29, 0.717) is 25.1 Å². The van der Waals surface area contributed by atoms with Gasteiger partial charge in [-0.05, 0) is 37.3 Å². The number of Topliss-reactive ketones (excluding diaryl/α,β-unsaturated/α-hetero) is 1. The largest absolute Gasteiger partial charge is 0.354 e. The Morgan fingerprint density at radius 1 is 1.48 bits per heavy atom. The van der Waals surface area contributed by atoms with Gasteiger partial charge in [0.25, 0.3) is 0 Å². The first kappa shape index (κ1) is 16.0. The number of nitrogens with one attached hydrogen (secondary N) is 1. The summed E-state index contributed by atoms with van der Waals surface area (Å²) in [6.45, 7) is 2.61. The number of carbonyl (C=O) groups is 2. The SMILES string of the molecule is Cc1ccccc1C[C@H](CS)C(=O)[C@@]1(N)CCCNC1=O. The first-order chi connectivity index (χ1) is 9.99. The fourth-order valence-corrected chi connectivity index (χ4v) is 3.08. The molecule has 0 aromatic heterocycles. The molecular weight excluding hydrogens is 284 g/mol. The molecule has 4 nitrogen and oxygen atoms in total. The third-order valence-corrected chi connectivity index (χ3v) is 4.64. The van der Waals surface area contributed by atoms with Crippen LogP contribution in [0, 0.1) is 12.8 Å². The maximum Gasteiger partial charge on any atom is 0.247 e. The van der Waals surface area contributed by atoms with Crippen LogP contribution < -0.4 is 11.1 Å². The summed E-state index contributed by atoms with van der Waals surface area (Å²) >= 11 is 4.30. The number of aryl methyl sites for hydroxylation is 1. The van der Waals surface area contributed by atoms with Crippen molar-refractivity contribution in [2.45, 2.75) is 31.7 Å². The van der Waals surface area contributed by atoms with Crippen LogP contribution in [0.4, 0.5) is 0 Å². The molecule has 1 aromatic carbocycles. The molecule has 1 heterocycles. The van der Waals surface area contributed by atoms with Crippen molar-refractivity contribution in [2.24, 2.45) is 11.7 Å². The molecule has 114 valence electrons. The standard InChI is InChI=1S/C16H22N2O2S/c1-11-5-2-3-6-12(11)9-13(10-21)14(19)16(17)7-4-8-18-15(16)20/h2-3,5-6,13,21H,4,7-10,17H2,1H3,(H,18,20)/t13-,16+/m1/s1. The Balaban J connectivity index is 2.19. The number of hydrogen-bond acceptors (Lipinski definition) is 4. The molecule has 1 aromatic rings. The Hall–Kier alpha value is -1.33. The zero-order valence-electron chi connectivity index (χ0n) is 12.3. The number of ketones is 1. The number of hydrogen-bond donors (Lipinski definition) is 3. The lowest BCUT2D eigenvalue weighted by Gasteiger charge is -2.33. The number of carbonyl (C=O) groups excluding carboxylic acids is 2. The van der Waals surface area contributed by atoms with Crippen LogP contribution >= 0.6 is 12.6 Å². The minimum Gasteiger partial charge on any atom is -0.354 e. The molecule has 1 aliphatic heterocycles. The average Bonchev–Trinajstić information content (AvgIpc) is 2.49. The van der Waals surface area contributed by atoms with Gasteiger partial charge in [0.05, 0.1) is 0 Å². The predicted molar refractivity (Wildman–Crippen MR) is 86.4 cm³/mol. The van der Waals surface area contributed by atoms with Gasteiger partial charge < -0.3 is 11.1 Å². The highest BCUT2D eigenvalue weighted by Crippen LogP contribution is 2.24. The lowest BCUT2D eigenvalue weighted by molar-refractivity contribution is -0.139. The molecule has 3 N–H and O–H groups in total. The van der Waals surface area contributed by atoms with Crippen LogP contribution in [0.3, 0.4) is 0 Å².